The molecule has 16 heavy (non-hydrogen) atoms. The number of hydrogen-bond acceptors (Lipinski definition) is 4. The third-order valence-corrected chi connectivity index (χ3v) is 3.50. The fraction of sp³-hybridized carbons (Fsp3) is 0.909. The van der Waals surface area contributed by atoms with E-state index in [1.54, 1.807) is 0 Å². The van der Waals surface area contributed by atoms with Gasteiger partial charge in [0.05, 0.1) is 0 Å². The molecule has 1 unspecified atom stereocenters. The van der Waals surface area contributed by atoms with Crippen LogP contribution in [0.25, 0.3) is 0 Å². The molecule has 0 heterocycles. The highest BCUT2D eigenvalue weighted by molar-refractivity contribution is 7.98. The fourth-order valence-electron chi connectivity index (χ4n) is 1.57. The highest BCUT2D eigenvalue weighted by atomic mass is 32.2. The van der Waals surface area contributed by atoms with E-state index in [2.05, 4.69) is 16.5 Å². The van der Waals surface area contributed by atoms with Gasteiger partial charge < -0.3 is 16.0 Å². The van der Waals surface area contributed by atoms with E-state index in [9.17, 15) is 4.79 Å². The van der Waals surface area contributed by atoms with Gasteiger partial charge >= 0.3 is 0 Å². The number of rotatable bonds is 8. The van der Waals surface area contributed by atoms with Gasteiger partial charge in [-0.25, -0.2) is 0 Å². The molecule has 0 aromatic rings. The molecule has 0 aromatic carbocycles. The zero-order valence-corrected chi connectivity index (χ0v) is 11.1. The van der Waals surface area contributed by atoms with Crippen molar-refractivity contribution in [1.29, 1.82) is 0 Å². The quantitative estimate of drug-likeness (QED) is 0.645. The molecule has 94 valence electrons. The molecule has 1 aliphatic rings. The summed E-state index contributed by atoms with van der Waals surface area (Å²) >= 11 is 1.81. The van der Waals surface area contributed by atoms with Crippen LogP contribution in [0.3, 0.4) is 0 Å². The number of hydrogen-bond donors (Lipinski definition) is 2. The Hall–Kier alpha value is -0.260. The summed E-state index contributed by atoms with van der Waals surface area (Å²) in [6.45, 7) is 1.53. The van der Waals surface area contributed by atoms with Gasteiger partial charge in [0.1, 0.15) is 0 Å². The SMILES string of the molecule is CSCCN(C)C(CN)CC(=O)NC1CC1. The van der Waals surface area contributed by atoms with Crippen LogP contribution in [0.15, 0.2) is 0 Å². The number of thioether (sulfide) groups is 1. The number of amides is 1. The zero-order chi connectivity index (χ0) is 12.0. The maximum Gasteiger partial charge on any atom is 0.221 e. The summed E-state index contributed by atoms with van der Waals surface area (Å²) in [7, 11) is 2.04. The number of carbonyl (C=O) groups excluding carboxylic acids is 1. The monoisotopic (exact) mass is 245 g/mol. The number of nitrogens with two attached hydrogens (primary N) is 1. The van der Waals surface area contributed by atoms with Crippen LogP contribution < -0.4 is 11.1 Å². The average molecular weight is 245 g/mol. The Labute approximate surface area is 102 Å². The molecule has 0 spiro atoms. The van der Waals surface area contributed by atoms with E-state index in [0.717, 1.165) is 25.1 Å². The maximum absolute atomic E-state index is 11.6. The van der Waals surface area contributed by atoms with Gasteiger partial charge in [-0.05, 0) is 26.1 Å². The van der Waals surface area contributed by atoms with Gasteiger partial charge in [-0.15, -0.1) is 0 Å². The van der Waals surface area contributed by atoms with Crippen LogP contribution in [0.1, 0.15) is 19.3 Å². The second-order valence-electron chi connectivity index (χ2n) is 4.41. The van der Waals surface area contributed by atoms with E-state index in [4.69, 9.17) is 5.73 Å². The minimum atomic E-state index is 0.147. The number of nitrogens with one attached hydrogen (secondary N) is 1. The zero-order valence-electron chi connectivity index (χ0n) is 10.2. The highest BCUT2D eigenvalue weighted by Crippen LogP contribution is 2.18. The molecule has 1 fully saturated rings. The summed E-state index contributed by atoms with van der Waals surface area (Å²) in [4.78, 5) is 13.8. The molecule has 0 radical (unpaired) electrons. The first-order chi connectivity index (χ1) is 7.67. The Morgan fingerprint density at radius 2 is 2.31 bits per heavy atom. The van der Waals surface area contributed by atoms with Crippen molar-refractivity contribution in [2.75, 3.05) is 32.1 Å². The molecule has 0 aliphatic heterocycles. The topological polar surface area (TPSA) is 58.4 Å². The van der Waals surface area contributed by atoms with Crippen LogP contribution in [-0.4, -0.2) is 55.0 Å². The second-order valence-corrected chi connectivity index (χ2v) is 5.39. The minimum Gasteiger partial charge on any atom is -0.353 e. The summed E-state index contributed by atoms with van der Waals surface area (Å²) in [6.07, 6.45) is 4.89. The maximum atomic E-state index is 11.6. The normalized spacial score (nSPS) is 17.5. The Kier molecular flexibility index (Phi) is 6.16. The molecular weight excluding hydrogens is 222 g/mol. The lowest BCUT2D eigenvalue weighted by atomic mass is 10.1. The summed E-state index contributed by atoms with van der Waals surface area (Å²) in [5.41, 5.74) is 5.71. The minimum absolute atomic E-state index is 0.147. The molecule has 1 aliphatic carbocycles. The van der Waals surface area contributed by atoms with Crippen LogP contribution in [0.4, 0.5) is 0 Å². The molecule has 3 N–H and O–H groups in total. The number of nitrogens with zero attached hydrogens (tertiary/aromatic N) is 1. The third-order valence-electron chi connectivity index (χ3n) is 2.91. The first-order valence-corrected chi connectivity index (χ1v) is 7.25. The van der Waals surface area contributed by atoms with Gasteiger partial charge in [0, 0.05) is 37.3 Å². The Balaban J connectivity index is 2.25. The van der Waals surface area contributed by atoms with E-state index in [-0.39, 0.29) is 11.9 Å². The van der Waals surface area contributed by atoms with E-state index < -0.39 is 0 Å². The summed E-state index contributed by atoms with van der Waals surface area (Å²) < 4.78 is 0. The summed E-state index contributed by atoms with van der Waals surface area (Å²) in [5.74, 6) is 1.23. The van der Waals surface area contributed by atoms with E-state index in [0.29, 0.717) is 19.0 Å². The number of carbonyl (C=O) groups is 1. The molecule has 1 saturated carbocycles. The van der Waals surface area contributed by atoms with Crippen molar-refractivity contribution in [2.24, 2.45) is 5.73 Å². The van der Waals surface area contributed by atoms with Crippen LogP contribution in [0.5, 0.6) is 0 Å². The summed E-state index contributed by atoms with van der Waals surface area (Å²) in [6, 6.07) is 0.619. The lowest BCUT2D eigenvalue weighted by Gasteiger charge is -2.26. The van der Waals surface area contributed by atoms with Gasteiger partial charge in [-0.2, -0.15) is 11.8 Å². The first-order valence-electron chi connectivity index (χ1n) is 5.86. The van der Waals surface area contributed by atoms with Gasteiger partial charge in [0.25, 0.3) is 0 Å². The van der Waals surface area contributed by atoms with E-state index in [1.165, 1.54) is 0 Å². The van der Waals surface area contributed by atoms with Gasteiger partial charge in [-0.3, -0.25) is 4.79 Å². The fourth-order valence-corrected chi connectivity index (χ4v) is 2.04. The van der Waals surface area contributed by atoms with E-state index in [1.807, 2.05) is 18.8 Å². The van der Waals surface area contributed by atoms with Crippen molar-refractivity contribution in [1.82, 2.24) is 10.2 Å². The predicted molar refractivity (Wildman–Crippen MR) is 69.6 cm³/mol. The molecule has 5 heteroatoms. The molecule has 1 amide bonds. The van der Waals surface area contributed by atoms with Crippen molar-refractivity contribution in [3.8, 4) is 0 Å². The number of likely N-dealkylation sites (N-methyl/N-ethyl adjacent to an activating group) is 1. The molecule has 4 nitrogen and oxygen atoms in total. The van der Waals surface area contributed by atoms with Crippen LogP contribution >= 0.6 is 11.8 Å². The Morgan fingerprint density at radius 3 is 2.81 bits per heavy atom. The van der Waals surface area contributed by atoms with Gasteiger partial charge in [0.2, 0.25) is 5.91 Å². The van der Waals surface area contributed by atoms with Gasteiger partial charge in [-0.1, -0.05) is 0 Å². The van der Waals surface area contributed by atoms with Crippen molar-refractivity contribution in [2.45, 2.75) is 31.3 Å². The lowest BCUT2D eigenvalue weighted by molar-refractivity contribution is -0.122. The van der Waals surface area contributed by atoms with E-state index >= 15 is 0 Å². The first kappa shape index (κ1) is 13.8. The highest BCUT2D eigenvalue weighted by Gasteiger charge is 2.25. The van der Waals surface area contributed by atoms with Crippen LogP contribution in [-0.2, 0) is 4.79 Å². The molecule has 0 aromatic heterocycles. The average Bonchev–Trinajstić information content (AvgIpc) is 3.06. The van der Waals surface area contributed by atoms with Crippen molar-refractivity contribution in [3.05, 3.63) is 0 Å². The molecule has 1 atom stereocenters. The van der Waals surface area contributed by atoms with Gasteiger partial charge in [0.15, 0.2) is 0 Å². The molecular formula is C11H23N3OS. The smallest absolute Gasteiger partial charge is 0.221 e. The van der Waals surface area contributed by atoms with Crippen LogP contribution in [0, 0.1) is 0 Å². The Bertz CT molecular complexity index is 221. The predicted octanol–water partition coefficient (Wildman–Crippen LogP) is 0.277. The van der Waals surface area contributed by atoms with Crippen molar-refractivity contribution in [3.63, 3.8) is 0 Å². The third kappa shape index (κ3) is 5.18. The van der Waals surface area contributed by atoms with Crippen molar-refractivity contribution >= 4 is 17.7 Å². The Morgan fingerprint density at radius 1 is 1.62 bits per heavy atom. The molecule has 1 rings (SSSR count). The lowest BCUT2D eigenvalue weighted by Crippen LogP contribution is -2.43. The molecule has 0 bridgehead atoms. The second kappa shape index (κ2) is 7.14. The van der Waals surface area contributed by atoms with Crippen LogP contribution in [0.2, 0.25) is 0 Å². The largest absolute Gasteiger partial charge is 0.353 e. The van der Waals surface area contributed by atoms with Crippen molar-refractivity contribution < 1.29 is 4.79 Å². The summed E-state index contributed by atoms with van der Waals surface area (Å²) in [5, 5.41) is 3.00. The molecule has 0 saturated heterocycles. The standard InChI is InChI=1S/C11H23N3OS/c1-14(5-6-16-2)10(8-12)7-11(15)13-9-3-4-9/h9-10H,3-8,12H2,1-2H3,(H,13,15).